The Kier molecular flexibility index (Phi) is 7.19. The maximum Gasteiger partial charge on any atom is 0.251 e. The fourth-order valence-corrected chi connectivity index (χ4v) is 1.35. The SMILES string of the molecule is CNC(C)CNC(=O)c1ccc(Cl)c(C)c1.Cl. The summed E-state index contributed by atoms with van der Waals surface area (Å²) in [6, 6.07) is 5.53. The summed E-state index contributed by atoms with van der Waals surface area (Å²) in [5.41, 5.74) is 1.56. The van der Waals surface area contributed by atoms with Crippen LogP contribution in [0.2, 0.25) is 5.02 Å². The molecule has 0 heterocycles. The highest BCUT2D eigenvalue weighted by molar-refractivity contribution is 6.31. The van der Waals surface area contributed by atoms with Crippen LogP contribution in [0.25, 0.3) is 0 Å². The van der Waals surface area contributed by atoms with Gasteiger partial charge in [0.2, 0.25) is 0 Å². The highest BCUT2D eigenvalue weighted by atomic mass is 35.5. The Labute approximate surface area is 113 Å². The number of benzene rings is 1. The molecule has 1 aromatic rings. The highest BCUT2D eigenvalue weighted by Crippen LogP contribution is 2.16. The average molecular weight is 277 g/mol. The maximum atomic E-state index is 11.7. The quantitative estimate of drug-likeness (QED) is 0.887. The number of carbonyl (C=O) groups is 1. The molecule has 1 atom stereocenters. The molecule has 0 saturated heterocycles. The lowest BCUT2D eigenvalue weighted by molar-refractivity contribution is 0.0950. The van der Waals surface area contributed by atoms with Gasteiger partial charge >= 0.3 is 0 Å². The molecule has 3 nitrogen and oxygen atoms in total. The van der Waals surface area contributed by atoms with Crippen molar-refractivity contribution in [1.82, 2.24) is 10.6 Å². The van der Waals surface area contributed by atoms with Crippen LogP contribution in [0.5, 0.6) is 0 Å². The van der Waals surface area contributed by atoms with E-state index in [2.05, 4.69) is 10.6 Å². The first kappa shape index (κ1) is 16.2. The van der Waals surface area contributed by atoms with E-state index < -0.39 is 0 Å². The van der Waals surface area contributed by atoms with Crippen molar-refractivity contribution in [2.45, 2.75) is 19.9 Å². The van der Waals surface area contributed by atoms with E-state index in [1.807, 2.05) is 20.9 Å². The van der Waals surface area contributed by atoms with Gasteiger partial charge in [0.25, 0.3) is 5.91 Å². The Balaban J connectivity index is 0.00000256. The summed E-state index contributed by atoms with van der Waals surface area (Å²) in [5, 5.41) is 6.59. The molecule has 1 amide bonds. The normalized spacial score (nSPS) is 11.5. The second-order valence-electron chi connectivity index (χ2n) is 3.86. The van der Waals surface area contributed by atoms with Crippen molar-refractivity contribution in [2.75, 3.05) is 13.6 Å². The van der Waals surface area contributed by atoms with Gasteiger partial charge in [0.05, 0.1) is 0 Å². The minimum atomic E-state index is -0.0677. The molecule has 0 aliphatic heterocycles. The van der Waals surface area contributed by atoms with Crippen LogP contribution in [0.1, 0.15) is 22.8 Å². The molecule has 5 heteroatoms. The third-order valence-electron chi connectivity index (χ3n) is 2.48. The molecule has 0 radical (unpaired) electrons. The molecule has 0 saturated carbocycles. The lowest BCUT2D eigenvalue weighted by Gasteiger charge is -2.11. The van der Waals surface area contributed by atoms with E-state index in [4.69, 9.17) is 11.6 Å². The lowest BCUT2D eigenvalue weighted by atomic mass is 10.1. The summed E-state index contributed by atoms with van der Waals surface area (Å²) in [7, 11) is 1.86. The molecule has 1 unspecified atom stereocenters. The summed E-state index contributed by atoms with van der Waals surface area (Å²) >= 11 is 5.89. The molecule has 0 bridgehead atoms. The molecule has 0 aromatic heterocycles. The fourth-order valence-electron chi connectivity index (χ4n) is 1.24. The first-order valence-corrected chi connectivity index (χ1v) is 5.64. The van der Waals surface area contributed by atoms with Crippen molar-refractivity contribution in [3.63, 3.8) is 0 Å². The van der Waals surface area contributed by atoms with Crippen LogP contribution in [0.3, 0.4) is 0 Å². The van der Waals surface area contributed by atoms with Crippen LogP contribution in [0.15, 0.2) is 18.2 Å². The van der Waals surface area contributed by atoms with Crippen LogP contribution < -0.4 is 10.6 Å². The maximum absolute atomic E-state index is 11.7. The van der Waals surface area contributed by atoms with Crippen molar-refractivity contribution in [3.8, 4) is 0 Å². The summed E-state index contributed by atoms with van der Waals surface area (Å²) < 4.78 is 0. The molecule has 0 spiro atoms. The van der Waals surface area contributed by atoms with E-state index >= 15 is 0 Å². The van der Waals surface area contributed by atoms with E-state index in [0.717, 1.165) is 5.56 Å². The van der Waals surface area contributed by atoms with Crippen LogP contribution in [-0.2, 0) is 0 Å². The molecule has 0 aliphatic rings. The third kappa shape index (κ3) is 4.94. The van der Waals surface area contributed by atoms with Gasteiger partial charge in [0.1, 0.15) is 0 Å². The molecule has 2 N–H and O–H groups in total. The number of carbonyl (C=O) groups excluding carboxylic acids is 1. The van der Waals surface area contributed by atoms with Gasteiger partial charge in [-0.3, -0.25) is 4.79 Å². The zero-order valence-corrected chi connectivity index (χ0v) is 11.8. The molecule has 17 heavy (non-hydrogen) atoms. The van der Waals surface area contributed by atoms with Crippen molar-refractivity contribution in [1.29, 1.82) is 0 Å². The Morgan fingerprint density at radius 2 is 2.12 bits per heavy atom. The minimum Gasteiger partial charge on any atom is -0.350 e. The van der Waals surface area contributed by atoms with Gasteiger partial charge in [-0.05, 0) is 44.7 Å². The largest absolute Gasteiger partial charge is 0.350 e. The number of amides is 1. The monoisotopic (exact) mass is 276 g/mol. The number of aryl methyl sites for hydroxylation is 1. The Bertz CT molecular complexity index is 383. The van der Waals surface area contributed by atoms with Crippen LogP contribution >= 0.6 is 24.0 Å². The van der Waals surface area contributed by atoms with Gasteiger partial charge in [0, 0.05) is 23.2 Å². The Hall–Kier alpha value is -0.770. The van der Waals surface area contributed by atoms with Gasteiger partial charge in [-0.15, -0.1) is 12.4 Å². The summed E-state index contributed by atoms with van der Waals surface area (Å²) in [4.78, 5) is 11.7. The number of rotatable bonds is 4. The third-order valence-corrected chi connectivity index (χ3v) is 2.91. The lowest BCUT2D eigenvalue weighted by Crippen LogP contribution is -2.37. The standard InChI is InChI=1S/C12H17ClN2O.ClH/c1-8-6-10(4-5-11(8)13)12(16)15-7-9(2)14-3;/h4-6,9,14H,7H2,1-3H3,(H,15,16);1H. The summed E-state index contributed by atoms with van der Waals surface area (Å²) in [6.07, 6.45) is 0. The van der Waals surface area contributed by atoms with E-state index in [0.29, 0.717) is 17.1 Å². The first-order chi connectivity index (χ1) is 7.54. The molecular formula is C12H18Cl2N2O. The molecule has 0 aliphatic carbocycles. The number of hydrogen-bond donors (Lipinski definition) is 2. The van der Waals surface area contributed by atoms with E-state index in [-0.39, 0.29) is 24.4 Å². The molecule has 1 rings (SSSR count). The van der Waals surface area contributed by atoms with Crippen molar-refractivity contribution < 1.29 is 4.79 Å². The number of nitrogens with one attached hydrogen (secondary N) is 2. The van der Waals surface area contributed by atoms with E-state index in [1.165, 1.54) is 0 Å². The van der Waals surface area contributed by atoms with Crippen LogP contribution in [0, 0.1) is 6.92 Å². The van der Waals surface area contributed by atoms with Gasteiger partial charge in [-0.1, -0.05) is 11.6 Å². The predicted molar refractivity (Wildman–Crippen MR) is 74.3 cm³/mol. The molecular weight excluding hydrogens is 259 g/mol. The smallest absolute Gasteiger partial charge is 0.251 e. The number of halogens is 2. The van der Waals surface area contributed by atoms with Crippen LogP contribution in [-0.4, -0.2) is 25.5 Å². The van der Waals surface area contributed by atoms with Crippen molar-refractivity contribution in [3.05, 3.63) is 34.3 Å². The highest BCUT2D eigenvalue weighted by Gasteiger charge is 2.07. The molecule has 1 aromatic carbocycles. The topological polar surface area (TPSA) is 41.1 Å². The number of hydrogen-bond acceptors (Lipinski definition) is 2. The average Bonchev–Trinajstić information content (AvgIpc) is 2.29. The predicted octanol–water partition coefficient (Wildman–Crippen LogP) is 2.41. The molecule has 96 valence electrons. The number of likely N-dealkylation sites (N-methyl/N-ethyl adjacent to an activating group) is 1. The molecule has 0 fully saturated rings. The van der Waals surface area contributed by atoms with Gasteiger partial charge in [0.15, 0.2) is 0 Å². The zero-order chi connectivity index (χ0) is 12.1. The van der Waals surface area contributed by atoms with Crippen molar-refractivity contribution >= 4 is 29.9 Å². The van der Waals surface area contributed by atoms with Gasteiger partial charge in [-0.25, -0.2) is 0 Å². The first-order valence-electron chi connectivity index (χ1n) is 5.26. The van der Waals surface area contributed by atoms with Crippen molar-refractivity contribution in [2.24, 2.45) is 0 Å². The Morgan fingerprint density at radius 1 is 1.47 bits per heavy atom. The van der Waals surface area contributed by atoms with E-state index in [1.54, 1.807) is 18.2 Å². The van der Waals surface area contributed by atoms with Gasteiger partial charge in [-0.2, -0.15) is 0 Å². The fraction of sp³-hybridized carbons (Fsp3) is 0.417. The second-order valence-corrected chi connectivity index (χ2v) is 4.27. The zero-order valence-electron chi connectivity index (χ0n) is 10.2. The summed E-state index contributed by atoms with van der Waals surface area (Å²) in [6.45, 7) is 4.50. The second kappa shape index (κ2) is 7.54. The Morgan fingerprint density at radius 3 is 2.65 bits per heavy atom. The van der Waals surface area contributed by atoms with Gasteiger partial charge < -0.3 is 10.6 Å². The summed E-state index contributed by atoms with van der Waals surface area (Å²) in [5.74, 6) is -0.0677. The van der Waals surface area contributed by atoms with E-state index in [9.17, 15) is 4.79 Å². The minimum absolute atomic E-state index is 0. The van der Waals surface area contributed by atoms with Crippen LogP contribution in [0.4, 0.5) is 0 Å².